The molecule has 1 amide bonds. The highest BCUT2D eigenvalue weighted by Crippen LogP contribution is 2.33. The summed E-state index contributed by atoms with van der Waals surface area (Å²) >= 11 is 0. The largest absolute Gasteiger partial charge is 0.463 e. The average molecular weight is 444 g/mol. The van der Waals surface area contributed by atoms with Gasteiger partial charge in [-0.25, -0.2) is 4.98 Å². The third-order valence-electron chi connectivity index (χ3n) is 6.47. The van der Waals surface area contributed by atoms with E-state index < -0.39 is 0 Å². The summed E-state index contributed by atoms with van der Waals surface area (Å²) in [6.07, 6.45) is 7.26. The Hall–Kier alpha value is -3.58. The summed E-state index contributed by atoms with van der Waals surface area (Å²) < 4.78 is 7.63. The van der Waals surface area contributed by atoms with Crippen LogP contribution in [0.1, 0.15) is 47.2 Å². The maximum atomic E-state index is 12.9. The van der Waals surface area contributed by atoms with Crippen molar-refractivity contribution in [2.24, 2.45) is 5.73 Å². The number of furan rings is 1. The van der Waals surface area contributed by atoms with Crippen LogP contribution in [0.4, 0.5) is 11.5 Å². The van der Waals surface area contributed by atoms with Crippen LogP contribution in [0, 0.1) is 13.8 Å². The Morgan fingerprint density at radius 1 is 1.09 bits per heavy atom. The van der Waals surface area contributed by atoms with Gasteiger partial charge in [0.05, 0.1) is 6.26 Å². The lowest BCUT2D eigenvalue weighted by Crippen LogP contribution is -2.40. The van der Waals surface area contributed by atoms with Crippen LogP contribution in [0.25, 0.3) is 17.1 Å². The molecule has 0 unspecified atom stereocenters. The summed E-state index contributed by atoms with van der Waals surface area (Å²) in [6, 6.07) is 14.0. The molecule has 0 saturated heterocycles. The fraction of sp³-hybridized carbons (Fsp3) is 0.308. The van der Waals surface area contributed by atoms with E-state index in [1.165, 1.54) is 0 Å². The lowest BCUT2D eigenvalue weighted by Gasteiger charge is -2.26. The van der Waals surface area contributed by atoms with E-state index in [-0.39, 0.29) is 18.0 Å². The van der Waals surface area contributed by atoms with Gasteiger partial charge in [0.25, 0.3) is 5.91 Å². The van der Waals surface area contributed by atoms with E-state index >= 15 is 0 Å². The second-order valence-corrected chi connectivity index (χ2v) is 8.91. The molecule has 170 valence electrons. The quantitative estimate of drug-likeness (QED) is 0.405. The minimum absolute atomic E-state index is 0.0789. The number of carbonyl (C=O) groups is 1. The van der Waals surface area contributed by atoms with Gasteiger partial charge in [0.2, 0.25) is 0 Å². The van der Waals surface area contributed by atoms with Crippen molar-refractivity contribution in [3.05, 3.63) is 71.6 Å². The zero-order chi connectivity index (χ0) is 22.9. The number of anilines is 2. The highest BCUT2D eigenvalue weighted by atomic mass is 16.3. The fourth-order valence-electron chi connectivity index (χ4n) is 4.55. The topological polar surface area (TPSA) is 97.6 Å². The summed E-state index contributed by atoms with van der Waals surface area (Å²) in [5.74, 6) is 1.38. The zero-order valence-electron chi connectivity index (χ0n) is 19.0. The molecule has 1 aliphatic carbocycles. The standard InChI is InChI=1S/C26H29N5O2/c1-16-5-3-6-17(2)23(16)30-25-24(21-7-4-14-33-21)29-22-15-18(12-13-31(22)25)26(32)28-20-10-8-19(27)9-11-20/h3-7,12-15,19-20,30H,8-11,27H2,1-2H3,(H,28,32). The molecule has 3 aromatic heterocycles. The van der Waals surface area contributed by atoms with Gasteiger partial charge in [-0.05, 0) is 74.9 Å². The SMILES string of the molecule is Cc1cccc(C)c1Nc1c(-c2ccco2)nc2cc(C(=O)NC3CCC(N)CC3)ccn12. The van der Waals surface area contributed by atoms with E-state index in [1.54, 1.807) is 6.26 Å². The number of imidazole rings is 1. The molecule has 5 rings (SSSR count). The Balaban J connectivity index is 1.50. The van der Waals surface area contributed by atoms with E-state index in [1.807, 2.05) is 40.9 Å². The van der Waals surface area contributed by atoms with Crippen LogP contribution in [0.15, 0.2) is 59.3 Å². The number of nitrogens with zero attached hydrogens (tertiary/aromatic N) is 2. The Labute approximate surface area is 193 Å². The monoisotopic (exact) mass is 443 g/mol. The predicted octanol–water partition coefficient (Wildman–Crippen LogP) is 4.95. The molecule has 4 aromatic rings. The molecule has 3 heterocycles. The maximum Gasteiger partial charge on any atom is 0.251 e. The smallest absolute Gasteiger partial charge is 0.251 e. The fourth-order valence-corrected chi connectivity index (χ4v) is 4.55. The predicted molar refractivity (Wildman–Crippen MR) is 130 cm³/mol. The first-order chi connectivity index (χ1) is 16.0. The summed E-state index contributed by atoms with van der Waals surface area (Å²) in [5, 5.41) is 6.73. The van der Waals surface area contributed by atoms with Gasteiger partial charge in [0.1, 0.15) is 17.2 Å². The molecule has 1 fully saturated rings. The summed E-state index contributed by atoms with van der Waals surface area (Å²) in [6.45, 7) is 4.15. The van der Waals surface area contributed by atoms with Gasteiger partial charge in [-0.15, -0.1) is 0 Å². The minimum Gasteiger partial charge on any atom is -0.463 e. The first kappa shape index (κ1) is 21.3. The second kappa shape index (κ2) is 8.75. The number of aromatic nitrogens is 2. The maximum absolute atomic E-state index is 12.9. The van der Waals surface area contributed by atoms with Crippen LogP contribution in [0.2, 0.25) is 0 Å². The van der Waals surface area contributed by atoms with Gasteiger partial charge in [-0.2, -0.15) is 0 Å². The van der Waals surface area contributed by atoms with Crippen LogP contribution in [-0.4, -0.2) is 27.4 Å². The van der Waals surface area contributed by atoms with Crippen molar-refractivity contribution in [2.75, 3.05) is 5.32 Å². The number of pyridine rings is 1. The van der Waals surface area contributed by atoms with Gasteiger partial charge < -0.3 is 20.8 Å². The molecule has 1 saturated carbocycles. The van der Waals surface area contributed by atoms with Gasteiger partial charge >= 0.3 is 0 Å². The van der Waals surface area contributed by atoms with Gasteiger partial charge in [0.15, 0.2) is 5.76 Å². The Kier molecular flexibility index (Phi) is 5.64. The molecule has 33 heavy (non-hydrogen) atoms. The third-order valence-corrected chi connectivity index (χ3v) is 6.47. The average Bonchev–Trinajstić information content (AvgIpc) is 3.45. The van der Waals surface area contributed by atoms with E-state index in [9.17, 15) is 4.79 Å². The Morgan fingerprint density at radius 3 is 2.55 bits per heavy atom. The van der Waals surface area contributed by atoms with Crippen molar-refractivity contribution in [1.82, 2.24) is 14.7 Å². The second-order valence-electron chi connectivity index (χ2n) is 8.91. The van der Waals surface area contributed by atoms with Crippen molar-refractivity contribution in [3.8, 4) is 11.5 Å². The van der Waals surface area contributed by atoms with Crippen LogP contribution < -0.4 is 16.4 Å². The van der Waals surface area contributed by atoms with Crippen LogP contribution in [0.5, 0.6) is 0 Å². The van der Waals surface area contributed by atoms with Crippen molar-refractivity contribution in [3.63, 3.8) is 0 Å². The highest BCUT2D eigenvalue weighted by Gasteiger charge is 2.22. The molecular formula is C26H29N5O2. The lowest BCUT2D eigenvalue weighted by atomic mass is 9.91. The van der Waals surface area contributed by atoms with E-state index in [0.717, 1.165) is 48.3 Å². The molecule has 7 heteroatoms. The molecule has 0 atom stereocenters. The number of hydrogen-bond donors (Lipinski definition) is 3. The molecule has 1 aliphatic rings. The number of aryl methyl sites for hydroxylation is 2. The summed E-state index contributed by atoms with van der Waals surface area (Å²) in [4.78, 5) is 17.7. The van der Waals surface area contributed by atoms with Gasteiger partial charge in [0, 0.05) is 29.5 Å². The Morgan fingerprint density at radius 2 is 1.85 bits per heavy atom. The first-order valence-corrected chi connectivity index (χ1v) is 11.5. The number of amides is 1. The number of para-hydroxylation sites is 1. The van der Waals surface area contributed by atoms with Gasteiger partial charge in [-0.1, -0.05) is 18.2 Å². The zero-order valence-corrected chi connectivity index (χ0v) is 19.0. The van der Waals surface area contributed by atoms with Crippen molar-refractivity contribution < 1.29 is 9.21 Å². The molecule has 1 aromatic carbocycles. The number of nitrogens with two attached hydrogens (primary N) is 1. The Bertz CT molecular complexity index is 1260. The summed E-state index contributed by atoms with van der Waals surface area (Å²) in [5.41, 5.74) is 11.3. The van der Waals surface area contributed by atoms with E-state index in [4.69, 9.17) is 15.1 Å². The summed E-state index contributed by atoms with van der Waals surface area (Å²) in [7, 11) is 0. The molecule has 0 aliphatic heterocycles. The van der Waals surface area contributed by atoms with E-state index in [0.29, 0.717) is 22.7 Å². The first-order valence-electron chi connectivity index (χ1n) is 11.5. The third kappa shape index (κ3) is 4.24. The normalized spacial score (nSPS) is 18.4. The molecule has 7 nitrogen and oxygen atoms in total. The number of carbonyl (C=O) groups excluding carboxylic acids is 1. The lowest BCUT2D eigenvalue weighted by molar-refractivity contribution is 0.0926. The molecule has 4 N–H and O–H groups in total. The number of benzene rings is 1. The van der Waals surface area contributed by atoms with Crippen LogP contribution in [-0.2, 0) is 0 Å². The number of hydrogen-bond acceptors (Lipinski definition) is 5. The number of fused-ring (bicyclic) bond motifs is 1. The van der Waals surface area contributed by atoms with Gasteiger partial charge in [-0.3, -0.25) is 9.20 Å². The number of rotatable bonds is 5. The molecular weight excluding hydrogens is 414 g/mol. The number of nitrogens with one attached hydrogen (secondary N) is 2. The van der Waals surface area contributed by atoms with Crippen molar-refractivity contribution in [2.45, 2.75) is 51.6 Å². The minimum atomic E-state index is -0.0789. The van der Waals surface area contributed by atoms with Crippen LogP contribution in [0.3, 0.4) is 0 Å². The van der Waals surface area contributed by atoms with Crippen molar-refractivity contribution in [1.29, 1.82) is 0 Å². The highest BCUT2D eigenvalue weighted by molar-refractivity contribution is 5.95. The van der Waals surface area contributed by atoms with Crippen LogP contribution >= 0.6 is 0 Å². The van der Waals surface area contributed by atoms with E-state index in [2.05, 4.69) is 36.6 Å². The molecule has 0 radical (unpaired) electrons. The molecule has 0 spiro atoms. The molecule has 0 bridgehead atoms. The van der Waals surface area contributed by atoms with Crippen molar-refractivity contribution >= 4 is 23.1 Å².